The van der Waals surface area contributed by atoms with Crippen molar-refractivity contribution in [3.05, 3.63) is 5.82 Å². The highest BCUT2D eigenvalue weighted by atomic mass is 32.2. The molecule has 1 rings (SSSR count). The van der Waals surface area contributed by atoms with Crippen molar-refractivity contribution in [2.24, 2.45) is 0 Å². The fraction of sp³-hybridized carbons (Fsp3) is 0.800. The molecule has 3 nitrogen and oxygen atoms in total. The first-order valence-electron chi connectivity index (χ1n) is 5.53. The molecule has 0 aromatic carbocycles. The molecule has 0 saturated carbocycles. The lowest BCUT2D eigenvalue weighted by Crippen LogP contribution is -2.13. The van der Waals surface area contributed by atoms with Crippen LogP contribution in [0.4, 0.5) is 0 Å². The third kappa shape index (κ3) is 5.49. The minimum absolute atomic E-state index is 0.942. The molecule has 1 heterocycles. The Bertz CT molecular complexity index is 263. The smallest absolute Gasteiger partial charge is 0.170 e. The van der Waals surface area contributed by atoms with Crippen molar-refractivity contribution in [1.82, 2.24) is 14.7 Å². The molecule has 0 radical (unpaired) electrons. The Morgan fingerprint density at radius 3 is 2.87 bits per heavy atom. The highest BCUT2D eigenvalue weighted by molar-refractivity contribution is 8.00. The standard InChI is InChI=1S/C10H19N3S2/c1-3-9-12-10(15-13-9)14-8-6-5-7-11-4-2/h11H,3-8H2,1-2H3. The Labute approximate surface area is 100 Å². The summed E-state index contributed by atoms with van der Waals surface area (Å²) in [4.78, 5) is 4.42. The Morgan fingerprint density at radius 1 is 1.33 bits per heavy atom. The minimum Gasteiger partial charge on any atom is -0.317 e. The third-order valence-electron chi connectivity index (χ3n) is 1.99. The Kier molecular flexibility index (Phi) is 6.96. The maximum Gasteiger partial charge on any atom is 0.170 e. The van der Waals surface area contributed by atoms with Crippen molar-refractivity contribution >= 4 is 23.3 Å². The molecule has 1 N–H and O–H groups in total. The zero-order valence-corrected chi connectivity index (χ0v) is 11.1. The fourth-order valence-corrected chi connectivity index (χ4v) is 2.89. The maximum atomic E-state index is 4.42. The molecule has 5 heteroatoms. The number of rotatable bonds is 8. The van der Waals surface area contributed by atoms with E-state index in [-0.39, 0.29) is 0 Å². The van der Waals surface area contributed by atoms with Gasteiger partial charge in [-0.25, -0.2) is 4.98 Å². The quantitative estimate of drug-likeness (QED) is 0.564. The highest BCUT2D eigenvalue weighted by Crippen LogP contribution is 2.21. The van der Waals surface area contributed by atoms with Gasteiger partial charge in [-0.15, -0.1) is 0 Å². The molecule has 0 aliphatic heterocycles. The van der Waals surface area contributed by atoms with Gasteiger partial charge in [0.05, 0.1) is 0 Å². The van der Waals surface area contributed by atoms with Crippen molar-refractivity contribution in [3.63, 3.8) is 0 Å². The number of unbranched alkanes of at least 4 members (excludes halogenated alkanes) is 1. The summed E-state index contributed by atoms with van der Waals surface area (Å²) in [5.74, 6) is 2.14. The average molecular weight is 245 g/mol. The van der Waals surface area contributed by atoms with E-state index in [0.717, 1.165) is 35.4 Å². The van der Waals surface area contributed by atoms with Crippen LogP contribution >= 0.6 is 23.3 Å². The number of nitrogens with zero attached hydrogens (tertiary/aromatic N) is 2. The van der Waals surface area contributed by atoms with Crippen LogP contribution in [0.15, 0.2) is 4.34 Å². The summed E-state index contributed by atoms with van der Waals surface area (Å²) >= 11 is 3.36. The molecule has 0 aliphatic carbocycles. The molecular formula is C10H19N3S2. The monoisotopic (exact) mass is 245 g/mol. The van der Waals surface area contributed by atoms with E-state index in [0.29, 0.717) is 0 Å². The largest absolute Gasteiger partial charge is 0.317 e. The van der Waals surface area contributed by atoms with Crippen molar-refractivity contribution < 1.29 is 0 Å². The van der Waals surface area contributed by atoms with Crippen LogP contribution in [0.3, 0.4) is 0 Å². The van der Waals surface area contributed by atoms with Crippen LogP contribution in [-0.2, 0) is 6.42 Å². The topological polar surface area (TPSA) is 37.8 Å². The molecule has 0 fully saturated rings. The normalized spacial score (nSPS) is 10.8. The second kappa shape index (κ2) is 8.07. The maximum absolute atomic E-state index is 4.42. The van der Waals surface area contributed by atoms with E-state index in [1.54, 1.807) is 0 Å². The van der Waals surface area contributed by atoms with Gasteiger partial charge in [-0.3, -0.25) is 0 Å². The van der Waals surface area contributed by atoms with Gasteiger partial charge in [0, 0.05) is 12.2 Å². The van der Waals surface area contributed by atoms with Crippen molar-refractivity contribution in [3.8, 4) is 0 Å². The zero-order valence-electron chi connectivity index (χ0n) is 9.45. The summed E-state index contributed by atoms with van der Waals surface area (Å²) < 4.78 is 5.38. The molecule has 0 aliphatic rings. The van der Waals surface area contributed by atoms with E-state index in [1.807, 2.05) is 11.8 Å². The van der Waals surface area contributed by atoms with Crippen LogP contribution < -0.4 is 5.32 Å². The summed E-state index contributed by atoms with van der Waals surface area (Å²) in [5.41, 5.74) is 0. The SMILES string of the molecule is CCNCCCCSc1nc(CC)ns1. The van der Waals surface area contributed by atoms with Crippen LogP contribution in [0.2, 0.25) is 0 Å². The van der Waals surface area contributed by atoms with Crippen LogP contribution in [0.5, 0.6) is 0 Å². The lowest BCUT2D eigenvalue weighted by atomic mass is 10.3. The molecule has 0 unspecified atom stereocenters. The second-order valence-electron chi connectivity index (χ2n) is 3.24. The van der Waals surface area contributed by atoms with E-state index in [9.17, 15) is 0 Å². The zero-order chi connectivity index (χ0) is 10.9. The van der Waals surface area contributed by atoms with Gasteiger partial charge in [0.1, 0.15) is 5.82 Å². The Hall–Kier alpha value is -0.130. The lowest BCUT2D eigenvalue weighted by Gasteiger charge is -1.99. The molecule has 0 amide bonds. The van der Waals surface area contributed by atoms with E-state index in [4.69, 9.17) is 0 Å². The number of nitrogens with one attached hydrogen (secondary N) is 1. The van der Waals surface area contributed by atoms with Gasteiger partial charge in [0.25, 0.3) is 0 Å². The minimum atomic E-state index is 0.942. The summed E-state index contributed by atoms with van der Waals surface area (Å²) in [5, 5.41) is 3.33. The number of thioether (sulfide) groups is 1. The molecule has 15 heavy (non-hydrogen) atoms. The van der Waals surface area contributed by atoms with Gasteiger partial charge in [-0.2, -0.15) is 4.37 Å². The van der Waals surface area contributed by atoms with Crippen molar-refractivity contribution in [1.29, 1.82) is 0 Å². The number of aromatic nitrogens is 2. The van der Waals surface area contributed by atoms with E-state index in [2.05, 4.69) is 28.5 Å². The van der Waals surface area contributed by atoms with Crippen LogP contribution in [0.1, 0.15) is 32.5 Å². The summed E-state index contributed by atoms with van der Waals surface area (Å²) in [6, 6.07) is 0. The van der Waals surface area contributed by atoms with E-state index < -0.39 is 0 Å². The van der Waals surface area contributed by atoms with Crippen molar-refractivity contribution in [2.45, 2.75) is 37.4 Å². The van der Waals surface area contributed by atoms with Crippen LogP contribution in [0, 0.1) is 0 Å². The van der Waals surface area contributed by atoms with E-state index in [1.165, 1.54) is 24.4 Å². The predicted octanol–water partition coefficient (Wildman–Crippen LogP) is 2.58. The van der Waals surface area contributed by atoms with Gasteiger partial charge in [-0.05, 0) is 37.5 Å². The first kappa shape index (κ1) is 12.9. The highest BCUT2D eigenvalue weighted by Gasteiger charge is 2.01. The van der Waals surface area contributed by atoms with Crippen molar-refractivity contribution in [2.75, 3.05) is 18.8 Å². The molecule has 1 aromatic heterocycles. The fourth-order valence-electron chi connectivity index (χ4n) is 1.13. The molecule has 86 valence electrons. The Balaban J connectivity index is 2.04. The molecule has 0 atom stereocenters. The molecule has 0 spiro atoms. The third-order valence-corrected chi connectivity index (χ3v) is 3.95. The first-order valence-corrected chi connectivity index (χ1v) is 7.28. The van der Waals surface area contributed by atoms with Gasteiger partial charge in [0.15, 0.2) is 4.34 Å². The summed E-state index contributed by atoms with van der Waals surface area (Å²) in [7, 11) is 0. The lowest BCUT2D eigenvalue weighted by molar-refractivity contribution is 0.666. The molecule has 1 aromatic rings. The van der Waals surface area contributed by atoms with Gasteiger partial charge < -0.3 is 5.32 Å². The number of aryl methyl sites for hydroxylation is 1. The average Bonchev–Trinajstić information content (AvgIpc) is 2.71. The van der Waals surface area contributed by atoms with Gasteiger partial charge >= 0.3 is 0 Å². The number of hydrogen-bond donors (Lipinski definition) is 1. The van der Waals surface area contributed by atoms with Crippen LogP contribution in [-0.4, -0.2) is 28.2 Å². The van der Waals surface area contributed by atoms with Gasteiger partial charge in [-0.1, -0.05) is 25.6 Å². The molecule has 0 saturated heterocycles. The van der Waals surface area contributed by atoms with Crippen LogP contribution in [0.25, 0.3) is 0 Å². The number of hydrogen-bond acceptors (Lipinski definition) is 5. The second-order valence-corrected chi connectivity index (χ2v) is 5.33. The molecular weight excluding hydrogens is 226 g/mol. The predicted molar refractivity (Wildman–Crippen MR) is 67.8 cm³/mol. The van der Waals surface area contributed by atoms with E-state index >= 15 is 0 Å². The Morgan fingerprint density at radius 2 is 2.20 bits per heavy atom. The first-order chi connectivity index (χ1) is 7.36. The summed E-state index contributed by atoms with van der Waals surface area (Å²) in [6.45, 7) is 6.44. The molecule has 0 bridgehead atoms. The summed E-state index contributed by atoms with van der Waals surface area (Å²) in [6.07, 6.45) is 3.44. The van der Waals surface area contributed by atoms with Gasteiger partial charge in [0.2, 0.25) is 0 Å².